The fourth-order valence-corrected chi connectivity index (χ4v) is 3.38. The van der Waals surface area contributed by atoms with Gasteiger partial charge in [-0.3, -0.25) is 0 Å². The maximum Gasteiger partial charge on any atom is 0.433 e. The molecule has 0 unspecified atom stereocenters. The Labute approximate surface area is 154 Å². The van der Waals surface area contributed by atoms with Crippen molar-refractivity contribution in [2.45, 2.75) is 38.4 Å². The summed E-state index contributed by atoms with van der Waals surface area (Å²) in [5.74, 6) is 1.08. The van der Waals surface area contributed by atoms with Crippen molar-refractivity contribution in [1.82, 2.24) is 19.5 Å². The summed E-state index contributed by atoms with van der Waals surface area (Å²) in [5.41, 5.74) is 0.902. The molecule has 2 aromatic heterocycles. The highest BCUT2D eigenvalue weighted by Gasteiger charge is 2.37. The number of para-hydroxylation sites is 2. The van der Waals surface area contributed by atoms with Gasteiger partial charge in [0, 0.05) is 24.7 Å². The summed E-state index contributed by atoms with van der Waals surface area (Å²) in [6.07, 6.45) is -3.31. The average molecular weight is 375 g/mol. The predicted octanol–water partition coefficient (Wildman–Crippen LogP) is 4.20. The van der Waals surface area contributed by atoms with E-state index < -0.39 is 11.9 Å². The largest absolute Gasteiger partial charge is 0.433 e. The normalized spacial score (nSPS) is 16.0. The van der Waals surface area contributed by atoms with Gasteiger partial charge in [0.05, 0.1) is 17.1 Å². The summed E-state index contributed by atoms with van der Waals surface area (Å²) in [4.78, 5) is 14.3. The van der Waals surface area contributed by atoms with Gasteiger partial charge in [0.15, 0.2) is 0 Å². The van der Waals surface area contributed by atoms with Crippen molar-refractivity contribution in [3.8, 4) is 0 Å². The van der Waals surface area contributed by atoms with Crippen LogP contribution in [0.3, 0.4) is 0 Å². The van der Waals surface area contributed by atoms with Crippen LogP contribution in [-0.4, -0.2) is 32.6 Å². The van der Waals surface area contributed by atoms with E-state index in [1.807, 2.05) is 24.3 Å². The molecule has 1 aromatic carbocycles. The molecule has 0 atom stereocenters. The second-order valence-electron chi connectivity index (χ2n) is 7.84. The second kappa shape index (κ2) is 5.94. The van der Waals surface area contributed by atoms with Gasteiger partial charge >= 0.3 is 6.18 Å². The number of nitrogens with zero attached hydrogens (tertiary/aromatic N) is 5. The van der Waals surface area contributed by atoms with Gasteiger partial charge in [0.1, 0.15) is 11.5 Å². The minimum atomic E-state index is -4.47. The number of aromatic nitrogens is 4. The highest BCUT2D eigenvalue weighted by molar-refractivity contribution is 5.76. The van der Waals surface area contributed by atoms with Gasteiger partial charge in [-0.1, -0.05) is 32.9 Å². The van der Waals surface area contributed by atoms with Crippen molar-refractivity contribution in [3.63, 3.8) is 0 Å². The van der Waals surface area contributed by atoms with Crippen molar-refractivity contribution in [2.24, 2.45) is 0 Å². The molecule has 1 aliphatic rings. The summed E-state index contributed by atoms with van der Waals surface area (Å²) in [7, 11) is 0. The van der Waals surface area contributed by atoms with Crippen LogP contribution in [0.5, 0.6) is 0 Å². The predicted molar refractivity (Wildman–Crippen MR) is 96.7 cm³/mol. The Kier molecular flexibility index (Phi) is 3.90. The first-order chi connectivity index (χ1) is 12.6. The molecular weight excluding hydrogens is 355 g/mol. The number of benzene rings is 1. The van der Waals surface area contributed by atoms with Gasteiger partial charge in [-0.2, -0.15) is 13.2 Å². The SMILES string of the molecule is CC(C)(C)c1nc2ccccc2n1C1CN(c2nccc(C(F)(F)F)n2)C1. The van der Waals surface area contributed by atoms with Gasteiger partial charge in [-0.25, -0.2) is 15.0 Å². The lowest BCUT2D eigenvalue weighted by Gasteiger charge is -2.41. The molecule has 0 radical (unpaired) electrons. The van der Waals surface area contributed by atoms with Crippen LogP contribution in [0.2, 0.25) is 0 Å². The first-order valence-electron chi connectivity index (χ1n) is 8.77. The zero-order chi connectivity index (χ0) is 19.4. The number of halogens is 3. The van der Waals surface area contributed by atoms with Crippen LogP contribution in [0, 0.1) is 0 Å². The van der Waals surface area contributed by atoms with Crippen LogP contribution >= 0.6 is 0 Å². The van der Waals surface area contributed by atoms with Gasteiger partial charge in [0.2, 0.25) is 5.95 Å². The molecule has 142 valence electrons. The second-order valence-corrected chi connectivity index (χ2v) is 7.84. The molecular formula is C19H20F3N5. The number of fused-ring (bicyclic) bond motifs is 1. The van der Waals surface area contributed by atoms with Gasteiger partial charge < -0.3 is 9.47 Å². The fraction of sp³-hybridized carbons (Fsp3) is 0.421. The van der Waals surface area contributed by atoms with Crippen molar-refractivity contribution in [2.75, 3.05) is 18.0 Å². The summed E-state index contributed by atoms with van der Waals surface area (Å²) in [6, 6.07) is 8.94. The molecule has 3 aromatic rings. The van der Waals surface area contributed by atoms with E-state index in [0.29, 0.717) is 13.1 Å². The summed E-state index contributed by atoms with van der Waals surface area (Å²) >= 11 is 0. The zero-order valence-electron chi connectivity index (χ0n) is 15.3. The van der Waals surface area contributed by atoms with Crippen LogP contribution in [-0.2, 0) is 11.6 Å². The fourth-order valence-electron chi connectivity index (χ4n) is 3.38. The van der Waals surface area contributed by atoms with Crippen molar-refractivity contribution in [1.29, 1.82) is 0 Å². The maximum absolute atomic E-state index is 12.9. The monoisotopic (exact) mass is 375 g/mol. The molecule has 1 fully saturated rings. The molecule has 3 heterocycles. The molecule has 0 amide bonds. The van der Waals surface area contributed by atoms with Gasteiger partial charge in [-0.15, -0.1) is 0 Å². The Hall–Kier alpha value is -2.64. The van der Waals surface area contributed by atoms with Crippen LogP contribution in [0.25, 0.3) is 11.0 Å². The van der Waals surface area contributed by atoms with Crippen LogP contribution in [0.15, 0.2) is 36.5 Å². The third kappa shape index (κ3) is 3.13. The highest BCUT2D eigenvalue weighted by Crippen LogP contribution is 2.35. The van der Waals surface area contributed by atoms with Crippen LogP contribution < -0.4 is 4.90 Å². The van der Waals surface area contributed by atoms with Gasteiger partial charge in [0.25, 0.3) is 0 Å². The van der Waals surface area contributed by atoms with Crippen molar-refractivity contribution >= 4 is 17.0 Å². The van der Waals surface area contributed by atoms with E-state index in [2.05, 4.69) is 35.3 Å². The van der Waals surface area contributed by atoms with E-state index in [0.717, 1.165) is 29.1 Å². The summed E-state index contributed by atoms with van der Waals surface area (Å²) in [5, 5.41) is 0. The Morgan fingerprint density at radius 3 is 2.37 bits per heavy atom. The number of alkyl halides is 3. The summed E-state index contributed by atoms with van der Waals surface area (Å²) < 4.78 is 40.9. The molecule has 0 aliphatic carbocycles. The first-order valence-corrected chi connectivity index (χ1v) is 8.77. The van der Waals surface area contributed by atoms with E-state index in [9.17, 15) is 13.2 Å². The number of anilines is 1. The molecule has 0 saturated carbocycles. The molecule has 0 spiro atoms. The van der Waals surface area contributed by atoms with Gasteiger partial charge in [-0.05, 0) is 18.2 Å². The molecule has 1 saturated heterocycles. The Bertz CT molecular complexity index is 981. The number of hydrogen-bond acceptors (Lipinski definition) is 4. The quantitative estimate of drug-likeness (QED) is 0.673. The average Bonchev–Trinajstić information content (AvgIpc) is 2.93. The van der Waals surface area contributed by atoms with E-state index in [4.69, 9.17) is 4.98 Å². The maximum atomic E-state index is 12.9. The Balaban J connectivity index is 1.64. The number of hydrogen-bond donors (Lipinski definition) is 0. The molecule has 5 nitrogen and oxygen atoms in total. The molecule has 8 heteroatoms. The smallest absolute Gasteiger partial charge is 0.337 e. The lowest BCUT2D eigenvalue weighted by atomic mass is 9.94. The van der Waals surface area contributed by atoms with Crippen molar-refractivity contribution < 1.29 is 13.2 Å². The van der Waals surface area contributed by atoms with Crippen LogP contribution in [0.1, 0.15) is 38.3 Å². The van der Waals surface area contributed by atoms with E-state index in [1.54, 1.807) is 4.90 Å². The Morgan fingerprint density at radius 1 is 1.00 bits per heavy atom. The first kappa shape index (κ1) is 17.8. The lowest BCUT2D eigenvalue weighted by molar-refractivity contribution is -0.141. The van der Waals surface area contributed by atoms with E-state index >= 15 is 0 Å². The standard InChI is InChI=1S/C19H20F3N5/c1-18(2,3)16-24-13-6-4-5-7-14(13)27(16)12-10-26(11-12)17-23-9-8-15(25-17)19(20,21)22/h4-9,12H,10-11H2,1-3H3. The number of rotatable bonds is 2. The molecule has 1 aliphatic heterocycles. The minimum Gasteiger partial charge on any atom is -0.337 e. The van der Waals surface area contributed by atoms with Crippen molar-refractivity contribution in [3.05, 3.63) is 48.0 Å². The van der Waals surface area contributed by atoms with E-state index in [-0.39, 0.29) is 17.4 Å². The topological polar surface area (TPSA) is 46.8 Å². The molecule has 0 N–H and O–H groups in total. The molecule has 0 bridgehead atoms. The molecule has 27 heavy (non-hydrogen) atoms. The third-order valence-electron chi connectivity index (χ3n) is 4.71. The zero-order valence-corrected chi connectivity index (χ0v) is 15.3. The van der Waals surface area contributed by atoms with E-state index in [1.165, 1.54) is 0 Å². The summed E-state index contributed by atoms with van der Waals surface area (Å²) in [6.45, 7) is 7.42. The number of imidazole rings is 1. The minimum absolute atomic E-state index is 0.114. The lowest BCUT2D eigenvalue weighted by Crippen LogP contribution is -2.49. The third-order valence-corrected chi connectivity index (χ3v) is 4.71. The Morgan fingerprint density at radius 2 is 1.70 bits per heavy atom. The van der Waals surface area contributed by atoms with Crippen LogP contribution in [0.4, 0.5) is 19.1 Å². The highest BCUT2D eigenvalue weighted by atomic mass is 19.4. The molecule has 4 rings (SSSR count).